The molecule has 0 amide bonds. The lowest BCUT2D eigenvalue weighted by Gasteiger charge is -2.24. The van der Waals surface area contributed by atoms with Gasteiger partial charge in [0.2, 0.25) is 5.95 Å². The monoisotopic (exact) mass is 284 g/mol. The van der Waals surface area contributed by atoms with Crippen LogP contribution in [0.25, 0.3) is 0 Å². The van der Waals surface area contributed by atoms with Crippen molar-refractivity contribution >= 4 is 17.5 Å². The lowest BCUT2D eigenvalue weighted by molar-refractivity contribution is 0.721. The summed E-state index contributed by atoms with van der Waals surface area (Å²) in [6.07, 6.45) is 4.04. The Labute approximate surface area is 127 Å². The molecule has 0 N–H and O–H groups in total. The molecular formula is C17H24N4. The number of anilines is 3. The zero-order valence-electron chi connectivity index (χ0n) is 13.2. The van der Waals surface area contributed by atoms with Crippen LogP contribution in [0.2, 0.25) is 0 Å². The van der Waals surface area contributed by atoms with Crippen molar-refractivity contribution < 1.29 is 0 Å². The predicted molar refractivity (Wildman–Crippen MR) is 89.3 cm³/mol. The first-order valence-electron chi connectivity index (χ1n) is 7.63. The minimum absolute atomic E-state index is 0.819. The van der Waals surface area contributed by atoms with Crippen molar-refractivity contribution in [3.63, 3.8) is 0 Å². The van der Waals surface area contributed by atoms with Crippen molar-refractivity contribution in [3.8, 4) is 0 Å². The van der Waals surface area contributed by atoms with E-state index in [9.17, 15) is 0 Å². The summed E-state index contributed by atoms with van der Waals surface area (Å²) < 4.78 is 0. The van der Waals surface area contributed by atoms with Gasteiger partial charge in [0.15, 0.2) is 0 Å². The molecule has 1 heterocycles. The van der Waals surface area contributed by atoms with Crippen LogP contribution in [0.5, 0.6) is 0 Å². The molecule has 4 heteroatoms. The van der Waals surface area contributed by atoms with Gasteiger partial charge in [-0.3, -0.25) is 0 Å². The molecule has 1 aromatic heterocycles. The topological polar surface area (TPSA) is 32.3 Å². The number of nitrogens with zero attached hydrogens (tertiary/aromatic N) is 4. The Morgan fingerprint density at radius 1 is 0.952 bits per heavy atom. The smallest absolute Gasteiger partial charge is 0.227 e. The molecule has 0 spiro atoms. The molecule has 0 saturated carbocycles. The van der Waals surface area contributed by atoms with Gasteiger partial charge in [-0.25, -0.2) is 4.98 Å². The molecule has 0 aliphatic carbocycles. The van der Waals surface area contributed by atoms with E-state index in [2.05, 4.69) is 40.8 Å². The van der Waals surface area contributed by atoms with Crippen molar-refractivity contribution in [3.05, 3.63) is 42.6 Å². The van der Waals surface area contributed by atoms with Crippen molar-refractivity contribution in [1.29, 1.82) is 0 Å². The van der Waals surface area contributed by atoms with Gasteiger partial charge in [-0.1, -0.05) is 32.0 Å². The third-order valence-electron chi connectivity index (χ3n) is 3.39. The van der Waals surface area contributed by atoms with E-state index >= 15 is 0 Å². The third kappa shape index (κ3) is 3.94. The fourth-order valence-electron chi connectivity index (χ4n) is 2.31. The normalized spacial score (nSPS) is 10.4. The molecule has 0 fully saturated rings. The van der Waals surface area contributed by atoms with Crippen LogP contribution < -0.4 is 9.80 Å². The van der Waals surface area contributed by atoms with Gasteiger partial charge in [-0.2, -0.15) is 4.98 Å². The van der Waals surface area contributed by atoms with Gasteiger partial charge in [0.05, 0.1) is 0 Å². The summed E-state index contributed by atoms with van der Waals surface area (Å²) in [4.78, 5) is 13.5. The molecule has 4 nitrogen and oxygen atoms in total. The molecule has 0 bridgehead atoms. The quantitative estimate of drug-likeness (QED) is 0.772. The highest BCUT2D eigenvalue weighted by Crippen LogP contribution is 2.22. The molecule has 21 heavy (non-hydrogen) atoms. The maximum Gasteiger partial charge on any atom is 0.227 e. The Morgan fingerprint density at radius 3 is 2.24 bits per heavy atom. The summed E-state index contributed by atoms with van der Waals surface area (Å²) in [6, 6.07) is 12.2. The van der Waals surface area contributed by atoms with Gasteiger partial charge in [0.25, 0.3) is 0 Å². The Morgan fingerprint density at radius 2 is 1.62 bits per heavy atom. The molecule has 0 aliphatic heterocycles. The Bertz CT molecular complexity index is 535. The molecule has 0 atom stereocenters. The van der Waals surface area contributed by atoms with Crippen LogP contribution in [0, 0.1) is 0 Å². The number of hydrogen-bond donors (Lipinski definition) is 0. The van der Waals surface area contributed by atoms with E-state index in [1.165, 1.54) is 0 Å². The predicted octanol–water partition coefficient (Wildman–Crippen LogP) is 3.87. The zero-order valence-corrected chi connectivity index (χ0v) is 13.2. The fraction of sp³-hybridized carbons (Fsp3) is 0.412. The maximum atomic E-state index is 4.73. The number of aromatic nitrogens is 2. The molecule has 112 valence electrons. The Kier molecular flexibility index (Phi) is 5.55. The van der Waals surface area contributed by atoms with Crippen molar-refractivity contribution in [2.24, 2.45) is 0 Å². The minimum atomic E-state index is 0.819. The summed E-state index contributed by atoms with van der Waals surface area (Å²) in [7, 11) is 2.03. The van der Waals surface area contributed by atoms with Gasteiger partial charge < -0.3 is 9.80 Å². The van der Waals surface area contributed by atoms with Gasteiger partial charge in [-0.15, -0.1) is 0 Å². The molecule has 0 aliphatic rings. The lowest BCUT2D eigenvalue weighted by Crippen LogP contribution is -2.27. The maximum absolute atomic E-state index is 4.73. The van der Waals surface area contributed by atoms with E-state index in [0.717, 1.165) is 43.4 Å². The molecule has 0 radical (unpaired) electrons. The number of para-hydroxylation sites is 1. The molecular weight excluding hydrogens is 260 g/mol. The van der Waals surface area contributed by atoms with Crippen LogP contribution in [-0.2, 0) is 0 Å². The molecule has 0 saturated heterocycles. The lowest BCUT2D eigenvalue weighted by atomic mass is 10.3. The Balaban J connectivity index is 2.24. The van der Waals surface area contributed by atoms with Crippen LogP contribution in [0.3, 0.4) is 0 Å². The van der Waals surface area contributed by atoms with Crippen molar-refractivity contribution in [2.75, 3.05) is 29.9 Å². The van der Waals surface area contributed by atoms with Crippen LogP contribution in [0.4, 0.5) is 17.5 Å². The third-order valence-corrected chi connectivity index (χ3v) is 3.39. The highest BCUT2D eigenvalue weighted by molar-refractivity contribution is 5.59. The van der Waals surface area contributed by atoms with Gasteiger partial charge in [0, 0.05) is 32.0 Å². The first kappa shape index (κ1) is 15.3. The van der Waals surface area contributed by atoms with Crippen LogP contribution >= 0.6 is 0 Å². The second-order valence-electron chi connectivity index (χ2n) is 5.10. The number of hydrogen-bond acceptors (Lipinski definition) is 4. The van der Waals surface area contributed by atoms with Crippen molar-refractivity contribution in [2.45, 2.75) is 26.7 Å². The molecule has 1 aromatic carbocycles. The SMILES string of the molecule is CCCN(CCC)c1nccc(N(C)c2ccccc2)n1. The first-order valence-corrected chi connectivity index (χ1v) is 7.63. The highest BCUT2D eigenvalue weighted by Gasteiger charge is 2.11. The standard InChI is InChI=1S/C17H24N4/c1-4-13-21(14-5-2)17-18-12-11-16(19-17)20(3)15-9-7-6-8-10-15/h6-12H,4-5,13-14H2,1-3H3. The van der Waals surface area contributed by atoms with Gasteiger partial charge in [-0.05, 0) is 31.0 Å². The van der Waals surface area contributed by atoms with Crippen LogP contribution in [0.15, 0.2) is 42.6 Å². The average Bonchev–Trinajstić information content (AvgIpc) is 2.55. The fourth-order valence-corrected chi connectivity index (χ4v) is 2.31. The molecule has 0 unspecified atom stereocenters. The van der Waals surface area contributed by atoms with E-state index in [1.54, 1.807) is 0 Å². The van der Waals surface area contributed by atoms with E-state index in [0.29, 0.717) is 0 Å². The van der Waals surface area contributed by atoms with Crippen molar-refractivity contribution in [1.82, 2.24) is 9.97 Å². The summed E-state index contributed by atoms with van der Waals surface area (Å²) in [6.45, 7) is 6.35. The summed E-state index contributed by atoms with van der Waals surface area (Å²) in [5, 5.41) is 0. The minimum Gasteiger partial charge on any atom is -0.341 e. The average molecular weight is 284 g/mol. The number of benzene rings is 1. The first-order chi connectivity index (χ1) is 10.3. The highest BCUT2D eigenvalue weighted by atomic mass is 15.3. The zero-order chi connectivity index (χ0) is 15.1. The van der Waals surface area contributed by atoms with E-state index in [1.807, 2.05) is 37.5 Å². The van der Waals surface area contributed by atoms with E-state index in [4.69, 9.17) is 4.98 Å². The van der Waals surface area contributed by atoms with E-state index < -0.39 is 0 Å². The van der Waals surface area contributed by atoms with Crippen LogP contribution in [0.1, 0.15) is 26.7 Å². The van der Waals surface area contributed by atoms with E-state index in [-0.39, 0.29) is 0 Å². The summed E-state index contributed by atoms with van der Waals surface area (Å²) in [5.41, 5.74) is 1.12. The van der Waals surface area contributed by atoms with Gasteiger partial charge in [0.1, 0.15) is 5.82 Å². The van der Waals surface area contributed by atoms with Gasteiger partial charge >= 0.3 is 0 Å². The Hall–Kier alpha value is -2.10. The summed E-state index contributed by atoms with van der Waals surface area (Å²) in [5.74, 6) is 1.74. The number of rotatable bonds is 7. The summed E-state index contributed by atoms with van der Waals surface area (Å²) >= 11 is 0. The van der Waals surface area contributed by atoms with Crippen LogP contribution in [-0.4, -0.2) is 30.1 Å². The second-order valence-corrected chi connectivity index (χ2v) is 5.10. The second kappa shape index (κ2) is 7.62. The molecule has 2 aromatic rings. The largest absolute Gasteiger partial charge is 0.341 e. The molecule has 2 rings (SSSR count).